The van der Waals surface area contributed by atoms with Gasteiger partial charge in [0.15, 0.2) is 0 Å². The standard InChI is InChI=1S/C3H4NO/c1-2-4-5-3-1/h3-4H,2H2. The van der Waals surface area contributed by atoms with Gasteiger partial charge in [0.2, 0.25) is 0 Å². The zero-order valence-corrected chi connectivity index (χ0v) is 2.69. The van der Waals surface area contributed by atoms with Crippen LogP contribution in [0.5, 0.6) is 0 Å². The smallest absolute Gasteiger partial charge is 0.116 e. The number of hydrogen-bond donors (Lipinski definition) is 1. The highest BCUT2D eigenvalue weighted by Gasteiger charge is 1.82. The van der Waals surface area contributed by atoms with E-state index in [1.807, 2.05) is 0 Å². The Balaban J connectivity index is 2.32. The Morgan fingerprint density at radius 3 is 3.20 bits per heavy atom. The summed E-state index contributed by atoms with van der Waals surface area (Å²) in [6.45, 7) is 0.722. The molecular formula is C3H4NO. The van der Waals surface area contributed by atoms with Crippen molar-refractivity contribution in [2.75, 3.05) is 6.54 Å². The molecular weight excluding hydrogens is 66.0 g/mol. The van der Waals surface area contributed by atoms with E-state index in [2.05, 4.69) is 16.4 Å². The highest BCUT2D eigenvalue weighted by atomic mass is 16.6. The lowest BCUT2D eigenvalue weighted by Gasteiger charge is -1.82. The quantitative estimate of drug-likeness (QED) is 0.427. The van der Waals surface area contributed by atoms with Crippen LogP contribution in [0.1, 0.15) is 0 Å². The van der Waals surface area contributed by atoms with Gasteiger partial charge in [-0.3, -0.25) is 0 Å². The van der Waals surface area contributed by atoms with Crippen molar-refractivity contribution in [1.82, 2.24) is 5.48 Å². The molecule has 0 aromatic rings. The third-order valence-corrected chi connectivity index (χ3v) is 0.400. The van der Waals surface area contributed by atoms with Crippen molar-refractivity contribution in [2.24, 2.45) is 0 Å². The fourth-order valence-electron chi connectivity index (χ4n) is 0.208. The van der Waals surface area contributed by atoms with E-state index in [0.717, 1.165) is 6.54 Å². The van der Waals surface area contributed by atoms with E-state index in [4.69, 9.17) is 0 Å². The van der Waals surface area contributed by atoms with Gasteiger partial charge in [0.1, 0.15) is 6.26 Å². The molecule has 27 valence electrons. The maximum atomic E-state index is 4.46. The van der Waals surface area contributed by atoms with Crippen LogP contribution in [0.2, 0.25) is 0 Å². The molecule has 0 aromatic carbocycles. The Kier molecular flexibility index (Phi) is 0.588. The van der Waals surface area contributed by atoms with Crippen LogP contribution in [-0.4, -0.2) is 6.54 Å². The van der Waals surface area contributed by atoms with Crippen LogP contribution >= 0.6 is 0 Å². The summed E-state index contributed by atoms with van der Waals surface area (Å²) in [4.78, 5) is 4.46. The second-order valence-corrected chi connectivity index (χ2v) is 0.761. The largest absolute Gasteiger partial charge is 0.416 e. The molecule has 1 aliphatic heterocycles. The van der Waals surface area contributed by atoms with Crippen LogP contribution in [0, 0.1) is 6.08 Å². The average molecular weight is 70.1 g/mol. The second kappa shape index (κ2) is 1.08. The minimum Gasteiger partial charge on any atom is -0.416 e. The third kappa shape index (κ3) is 0.389. The Bertz CT molecular complexity index is 44.9. The first-order valence-electron chi connectivity index (χ1n) is 1.44. The average Bonchev–Trinajstić information content (AvgIpc) is 1.76. The molecule has 0 unspecified atom stereocenters. The molecule has 2 heteroatoms. The zero-order valence-electron chi connectivity index (χ0n) is 2.69. The van der Waals surface area contributed by atoms with Gasteiger partial charge < -0.3 is 4.84 Å². The summed E-state index contributed by atoms with van der Waals surface area (Å²) in [6.07, 6.45) is 4.26. The number of hydroxylamine groups is 1. The normalized spacial score (nSPS) is 19.2. The van der Waals surface area contributed by atoms with Gasteiger partial charge in [-0.05, 0) is 0 Å². The summed E-state index contributed by atoms with van der Waals surface area (Å²) >= 11 is 0. The molecule has 1 aliphatic rings. The molecule has 5 heavy (non-hydrogen) atoms. The third-order valence-electron chi connectivity index (χ3n) is 0.400. The lowest BCUT2D eigenvalue weighted by atomic mass is 10.7. The first-order valence-corrected chi connectivity index (χ1v) is 1.44. The van der Waals surface area contributed by atoms with Gasteiger partial charge in [0.25, 0.3) is 0 Å². The number of rotatable bonds is 0. The van der Waals surface area contributed by atoms with Crippen molar-refractivity contribution in [1.29, 1.82) is 0 Å². The topological polar surface area (TPSA) is 21.3 Å². The fraction of sp³-hybridized carbons (Fsp3) is 0.333. The minimum absolute atomic E-state index is 0.722. The molecule has 0 spiro atoms. The van der Waals surface area contributed by atoms with Crippen LogP contribution in [0.3, 0.4) is 0 Å². The van der Waals surface area contributed by atoms with E-state index in [1.54, 1.807) is 0 Å². The highest BCUT2D eigenvalue weighted by molar-refractivity contribution is 4.68. The van der Waals surface area contributed by atoms with E-state index >= 15 is 0 Å². The summed E-state index contributed by atoms with van der Waals surface area (Å²) in [5.41, 5.74) is 2.56. The van der Waals surface area contributed by atoms with E-state index in [-0.39, 0.29) is 0 Å². The van der Waals surface area contributed by atoms with Gasteiger partial charge in [0.05, 0.1) is 6.54 Å². The molecule has 1 N–H and O–H groups in total. The molecule has 2 nitrogen and oxygen atoms in total. The molecule has 1 rings (SSSR count). The predicted molar refractivity (Wildman–Crippen MR) is 16.9 cm³/mol. The van der Waals surface area contributed by atoms with E-state index in [1.165, 1.54) is 6.26 Å². The molecule has 0 aromatic heterocycles. The van der Waals surface area contributed by atoms with Gasteiger partial charge in [-0.1, -0.05) is 0 Å². The maximum Gasteiger partial charge on any atom is 0.116 e. The monoisotopic (exact) mass is 70.0 g/mol. The Hall–Kier alpha value is -0.500. The van der Waals surface area contributed by atoms with Crippen molar-refractivity contribution in [3.05, 3.63) is 12.3 Å². The van der Waals surface area contributed by atoms with Crippen LogP contribution < -0.4 is 5.48 Å². The number of hydrogen-bond acceptors (Lipinski definition) is 2. The van der Waals surface area contributed by atoms with Crippen molar-refractivity contribution in [2.45, 2.75) is 0 Å². The molecule has 0 atom stereocenters. The summed E-state index contributed by atoms with van der Waals surface area (Å²) < 4.78 is 0. The zero-order chi connectivity index (χ0) is 3.54. The van der Waals surface area contributed by atoms with Crippen molar-refractivity contribution in [3.63, 3.8) is 0 Å². The molecule has 0 aliphatic carbocycles. The SMILES string of the molecule is [C]1=CONC1. The van der Waals surface area contributed by atoms with E-state index in [9.17, 15) is 0 Å². The van der Waals surface area contributed by atoms with Gasteiger partial charge in [-0.25, -0.2) is 0 Å². The minimum atomic E-state index is 0.722. The molecule has 1 heterocycles. The van der Waals surface area contributed by atoms with Gasteiger partial charge in [0, 0.05) is 6.08 Å². The number of nitrogens with one attached hydrogen (secondary N) is 1. The highest BCUT2D eigenvalue weighted by Crippen LogP contribution is 1.76. The van der Waals surface area contributed by atoms with Crippen LogP contribution in [0.4, 0.5) is 0 Å². The molecule has 0 fully saturated rings. The lowest BCUT2D eigenvalue weighted by molar-refractivity contribution is 0.168. The van der Waals surface area contributed by atoms with E-state index < -0.39 is 0 Å². The first-order chi connectivity index (χ1) is 2.50. The molecule has 1 radical (unpaired) electrons. The van der Waals surface area contributed by atoms with Crippen molar-refractivity contribution in [3.8, 4) is 0 Å². The fourth-order valence-corrected chi connectivity index (χ4v) is 0.208. The second-order valence-electron chi connectivity index (χ2n) is 0.761. The maximum absolute atomic E-state index is 4.46. The van der Waals surface area contributed by atoms with Crippen LogP contribution in [-0.2, 0) is 4.84 Å². The van der Waals surface area contributed by atoms with Gasteiger partial charge in [-0.15, -0.1) is 0 Å². The summed E-state index contributed by atoms with van der Waals surface area (Å²) in [6, 6.07) is 0. The summed E-state index contributed by atoms with van der Waals surface area (Å²) in [7, 11) is 0. The summed E-state index contributed by atoms with van der Waals surface area (Å²) in [5, 5.41) is 0. The van der Waals surface area contributed by atoms with Gasteiger partial charge >= 0.3 is 0 Å². The molecule has 0 saturated carbocycles. The Labute approximate surface area is 30.4 Å². The summed E-state index contributed by atoms with van der Waals surface area (Å²) in [5.74, 6) is 0. The van der Waals surface area contributed by atoms with Gasteiger partial charge in [-0.2, -0.15) is 5.48 Å². The molecule has 0 amide bonds. The Morgan fingerprint density at radius 2 is 3.00 bits per heavy atom. The first kappa shape index (κ1) is 2.72. The molecule has 0 bridgehead atoms. The van der Waals surface area contributed by atoms with Crippen molar-refractivity contribution >= 4 is 0 Å². The van der Waals surface area contributed by atoms with Crippen LogP contribution in [0.25, 0.3) is 0 Å². The Morgan fingerprint density at radius 1 is 2.00 bits per heavy atom. The lowest BCUT2D eigenvalue weighted by Crippen LogP contribution is -2.02. The van der Waals surface area contributed by atoms with E-state index in [0.29, 0.717) is 0 Å². The van der Waals surface area contributed by atoms with Crippen LogP contribution in [0.15, 0.2) is 6.26 Å². The van der Waals surface area contributed by atoms with Crippen molar-refractivity contribution < 1.29 is 4.84 Å². The predicted octanol–water partition coefficient (Wildman–Crippen LogP) is -0.162. The molecule has 0 saturated heterocycles.